The molecule has 1 nitrogen and oxygen atoms in total. The molecule has 0 aliphatic carbocycles. The summed E-state index contributed by atoms with van der Waals surface area (Å²) in [5, 5.41) is 8.19. The second-order valence-electron chi connectivity index (χ2n) is 0.261. The molecule has 0 amide bonds. The van der Waals surface area contributed by atoms with Gasteiger partial charge in [-0.25, -0.2) is 0 Å². The Bertz CT molecular complexity index is 14.4. The van der Waals surface area contributed by atoms with Gasteiger partial charge >= 0.3 is 37.0 Å². The average Bonchev–Trinajstić information content (AvgIpc) is 0.811. The molecule has 24 valence electrons. The van der Waals surface area contributed by atoms with Gasteiger partial charge in [0.05, 0.1) is 0 Å². The second-order valence-corrected chi connectivity index (χ2v) is 0.261. The third-order valence-corrected chi connectivity index (χ3v) is 0. The largest absolute Gasteiger partial charge is 1.00 e. The molecule has 0 radical (unpaired) electrons. The van der Waals surface area contributed by atoms with Gasteiger partial charge in [0.2, 0.25) is 0 Å². The van der Waals surface area contributed by atoms with Crippen LogP contribution in [0, 0.1) is 0 Å². The second kappa shape index (κ2) is 4.88. The van der Waals surface area contributed by atoms with Crippen molar-refractivity contribution in [3.05, 3.63) is 0 Å². The summed E-state index contributed by atoms with van der Waals surface area (Å²) in [6.07, 6.45) is 0. The molecule has 0 atom stereocenters. The Balaban J connectivity index is 0. The molecule has 0 saturated heterocycles. The average molecular weight is 87.8 g/mol. The van der Waals surface area contributed by atoms with Gasteiger partial charge in [0.1, 0.15) is 0 Å². The Morgan fingerprint density at radius 3 is 1.40 bits per heavy atom. The number of halogens is 2. The molecule has 0 aromatic heterocycles. The summed E-state index contributed by atoms with van der Waals surface area (Å²) < 4.78 is 19.6. The van der Waals surface area contributed by atoms with Crippen molar-refractivity contribution in [2.45, 2.75) is 0 Å². The molecule has 0 N–H and O–H groups in total. The van der Waals surface area contributed by atoms with Gasteiger partial charge in [0, 0.05) is 0 Å². The summed E-state index contributed by atoms with van der Waals surface area (Å²) in [6.45, 7) is 0. The van der Waals surface area contributed by atoms with Crippen molar-refractivity contribution in [1.29, 1.82) is 0 Å². The Kier molecular flexibility index (Phi) is 9.09. The van der Waals surface area contributed by atoms with Crippen LogP contribution in [0.3, 0.4) is 0 Å². The standard InChI is InChI=1S/BF2O.Na/c2-1(3)4;/q-1;+1. The predicted octanol–water partition coefficient (Wildman–Crippen LogP) is -3.73. The number of hydrogen-bond acceptors (Lipinski definition) is 1. The van der Waals surface area contributed by atoms with Crippen LogP contribution >= 0.6 is 0 Å². The Labute approximate surface area is 50.9 Å². The van der Waals surface area contributed by atoms with Crippen LogP contribution in [0.25, 0.3) is 0 Å². The van der Waals surface area contributed by atoms with Gasteiger partial charge in [-0.15, -0.1) is 0 Å². The van der Waals surface area contributed by atoms with E-state index < -0.39 is 7.47 Å². The summed E-state index contributed by atoms with van der Waals surface area (Å²) in [5.41, 5.74) is 0. The zero-order valence-electron chi connectivity index (χ0n) is 2.74. The van der Waals surface area contributed by atoms with E-state index in [1.165, 1.54) is 0 Å². The molecule has 0 aliphatic rings. The van der Waals surface area contributed by atoms with Gasteiger partial charge in [-0.05, 0) is 0 Å². The minimum Gasteiger partial charge on any atom is -0.824 e. The summed E-state index contributed by atoms with van der Waals surface area (Å²) in [7, 11) is -3.42. The van der Waals surface area contributed by atoms with E-state index in [-0.39, 0.29) is 29.6 Å². The number of hydrogen-bond donors (Lipinski definition) is 0. The van der Waals surface area contributed by atoms with Gasteiger partial charge in [0.15, 0.2) is 0 Å². The summed E-state index contributed by atoms with van der Waals surface area (Å²) >= 11 is 0. The fraction of sp³-hybridized carbons (Fsp3) is 0. The van der Waals surface area contributed by atoms with Crippen molar-refractivity contribution in [1.82, 2.24) is 0 Å². The topological polar surface area (TPSA) is 23.1 Å². The van der Waals surface area contributed by atoms with E-state index in [2.05, 4.69) is 0 Å². The van der Waals surface area contributed by atoms with Crippen molar-refractivity contribution >= 4 is 7.47 Å². The molecule has 5 heteroatoms. The fourth-order valence-corrected chi connectivity index (χ4v) is 0. The minimum atomic E-state index is -3.42. The first-order valence-electron chi connectivity index (χ1n) is 0.672. The Morgan fingerprint density at radius 1 is 1.40 bits per heavy atom. The Morgan fingerprint density at radius 2 is 1.40 bits per heavy atom. The molecule has 0 saturated carbocycles. The van der Waals surface area contributed by atoms with Gasteiger partial charge < -0.3 is 13.7 Å². The van der Waals surface area contributed by atoms with E-state index in [0.29, 0.717) is 0 Å². The van der Waals surface area contributed by atoms with Gasteiger partial charge in [-0.3, -0.25) is 0 Å². The van der Waals surface area contributed by atoms with Crippen LogP contribution in [0.4, 0.5) is 8.63 Å². The summed E-state index contributed by atoms with van der Waals surface area (Å²) in [4.78, 5) is 0. The molecule has 0 spiro atoms. The molecule has 5 heavy (non-hydrogen) atoms. The molecule has 0 rings (SSSR count). The van der Waals surface area contributed by atoms with E-state index in [1.807, 2.05) is 0 Å². The van der Waals surface area contributed by atoms with E-state index in [0.717, 1.165) is 0 Å². The van der Waals surface area contributed by atoms with Gasteiger partial charge in [0.25, 0.3) is 0 Å². The van der Waals surface area contributed by atoms with Crippen LogP contribution in [0.15, 0.2) is 0 Å². The van der Waals surface area contributed by atoms with Crippen LogP contribution < -0.4 is 34.6 Å². The number of rotatable bonds is 0. The molecular weight excluding hydrogens is 87.8 g/mol. The maximum atomic E-state index is 9.78. The maximum absolute atomic E-state index is 9.78. The van der Waals surface area contributed by atoms with Crippen LogP contribution in [0.5, 0.6) is 0 Å². The third-order valence-electron chi connectivity index (χ3n) is 0. The predicted molar refractivity (Wildman–Crippen MR) is 7.97 cm³/mol. The maximum Gasteiger partial charge on any atom is 1.00 e. The first-order chi connectivity index (χ1) is 1.73. The zero-order valence-corrected chi connectivity index (χ0v) is 4.74. The molecule has 0 bridgehead atoms. The van der Waals surface area contributed by atoms with E-state index in [9.17, 15) is 8.63 Å². The SMILES string of the molecule is [Na+].[O-]B(F)F. The summed E-state index contributed by atoms with van der Waals surface area (Å²) in [6, 6.07) is 0. The smallest absolute Gasteiger partial charge is 0.824 e. The van der Waals surface area contributed by atoms with Crippen molar-refractivity contribution in [2.24, 2.45) is 0 Å². The zero-order chi connectivity index (χ0) is 3.58. The van der Waals surface area contributed by atoms with Crippen LogP contribution in [-0.4, -0.2) is 7.47 Å². The van der Waals surface area contributed by atoms with Crippen molar-refractivity contribution in [2.75, 3.05) is 0 Å². The van der Waals surface area contributed by atoms with Gasteiger partial charge in [-0.1, -0.05) is 0 Å². The van der Waals surface area contributed by atoms with Crippen molar-refractivity contribution in [3.8, 4) is 0 Å². The van der Waals surface area contributed by atoms with E-state index >= 15 is 0 Å². The van der Waals surface area contributed by atoms with E-state index in [1.54, 1.807) is 0 Å². The van der Waals surface area contributed by atoms with Crippen LogP contribution in [0.1, 0.15) is 0 Å². The van der Waals surface area contributed by atoms with Crippen LogP contribution in [-0.2, 0) is 0 Å². The first kappa shape index (κ1) is 9.30. The van der Waals surface area contributed by atoms with Crippen LogP contribution in [0.2, 0.25) is 0 Å². The van der Waals surface area contributed by atoms with E-state index in [4.69, 9.17) is 5.02 Å². The molecule has 0 heterocycles. The normalized spacial score (nSPS) is 5.40. The minimum absolute atomic E-state index is 0. The molecule has 0 aromatic rings. The molecule has 0 fully saturated rings. The quantitative estimate of drug-likeness (QED) is 0.279. The summed E-state index contributed by atoms with van der Waals surface area (Å²) in [5.74, 6) is 0. The Hall–Kier alpha value is 0.885. The van der Waals surface area contributed by atoms with Crippen molar-refractivity contribution in [3.63, 3.8) is 0 Å². The molecule has 0 aliphatic heterocycles. The monoisotopic (exact) mass is 88.0 g/mol. The van der Waals surface area contributed by atoms with Gasteiger partial charge in [-0.2, -0.15) is 0 Å². The fourth-order valence-electron chi connectivity index (χ4n) is 0. The molecule has 0 unspecified atom stereocenters. The first-order valence-corrected chi connectivity index (χ1v) is 0.672. The third kappa shape index (κ3) is 51.9. The molecule has 0 aromatic carbocycles. The van der Waals surface area contributed by atoms with Crippen molar-refractivity contribution < 1.29 is 43.2 Å². The molecular formula is BF2NaO.